The van der Waals surface area contributed by atoms with Crippen molar-refractivity contribution in [2.75, 3.05) is 44.6 Å². The molecule has 0 aromatic heterocycles. The highest BCUT2D eigenvalue weighted by Gasteiger charge is 2.20. The number of rotatable bonds is 15. The predicted molar refractivity (Wildman–Crippen MR) is 143 cm³/mol. The molecule has 35 heavy (non-hydrogen) atoms. The standard InChI is InChI=1S/C27H39ClN4O3/c1-27(2,3)19-32(26(35)11-14-29-12-9-21-5-4-6-23(28)17-21)16-15-30-13-10-22-7-8-25(34)24(18-22)31-20-33/h4-8,17-18,20,29-30,34H,9-16,19H2,1-3H3,(H,31,33). The van der Waals surface area contributed by atoms with E-state index in [1.807, 2.05) is 29.2 Å². The minimum atomic E-state index is 0.0175. The van der Waals surface area contributed by atoms with E-state index < -0.39 is 0 Å². The van der Waals surface area contributed by atoms with Gasteiger partial charge in [0.05, 0.1) is 5.69 Å². The Balaban J connectivity index is 1.72. The van der Waals surface area contributed by atoms with Gasteiger partial charge in [-0.25, -0.2) is 0 Å². The van der Waals surface area contributed by atoms with Crippen LogP contribution in [0, 0.1) is 5.41 Å². The Hall–Kier alpha value is -2.61. The molecule has 0 aliphatic carbocycles. The van der Waals surface area contributed by atoms with Gasteiger partial charge in [0.1, 0.15) is 5.75 Å². The van der Waals surface area contributed by atoms with Crippen molar-refractivity contribution in [2.24, 2.45) is 5.41 Å². The highest BCUT2D eigenvalue weighted by atomic mass is 35.5. The maximum atomic E-state index is 12.9. The highest BCUT2D eigenvalue weighted by Crippen LogP contribution is 2.23. The molecule has 4 N–H and O–H groups in total. The van der Waals surface area contributed by atoms with Crippen LogP contribution in [0.4, 0.5) is 5.69 Å². The lowest BCUT2D eigenvalue weighted by Crippen LogP contribution is -2.42. The van der Waals surface area contributed by atoms with E-state index >= 15 is 0 Å². The van der Waals surface area contributed by atoms with E-state index in [-0.39, 0.29) is 17.1 Å². The quantitative estimate of drug-likeness (QED) is 0.169. The zero-order valence-corrected chi connectivity index (χ0v) is 21.8. The summed E-state index contributed by atoms with van der Waals surface area (Å²) in [5, 5.41) is 19.8. The first-order chi connectivity index (χ1) is 16.7. The number of anilines is 1. The first kappa shape index (κ1) is 28.6. The monoisotopic (exact) mass is 502 g/mol. The van der Waals surface area contributed by atoms with Crippen molar-refractivity contribution in [3.8, 4) is 5.75 Å². The Labute approximate surface area is 214 Å². The summed E-state index contributed by atoms with van der Waals surface area (Å²) in [5.41, 5.74) is 2.61. The summed E-state index contributed by atoms with van der Waals surface area (Å²) in [4.78, 5) is 25.5. The Morgan fingerprint density at radius 1 is 1.00 bits per heavy atom. The van der Waals surface area contributed by atoms with Crippen LogP contribution in [0.3, 0.4) is 0 Å². The molecular weight excluding hydrogens is 464 g/mol. The summed E-state index contributed by atoms with van der Waals surface area (Å²) in [5.74, 6) is 0.198. The molecule has 2 aromatic rings. The van der Waals surface area contributed by atoms with Crippen LogP contribution in [0.1, 0.15) is 38.3 Å². The van der Waals surface area contributed by atoms with Crippen molar-refractivity contribution >= 4 is 29.6 Å². The highest BCUT2D eigenvalue weighted by molar-refractivity contribution is 6.30. The van der Waals surface area contributed by atoms with Gasteiger partial charge in [0.25, 0.3) is 0 Å². The third-order valence-electron chi connectivity index (χ3n) is 5.44. The van der Waals surface area contributed by atoms with Crippen molar-refractivity contribution in [2.45, 2.75) is 40.0 Å². The second kappa shape index (κ2) is 14.7. The van der Waals surface area contributed by atoms with Crippen molar-refractivity contribution in [3.63, 3.8) is 0 Å². The van der Waals surface area contributed by atoms with Gasteiger partial charge >= 0.3 is 0 Å². The molecule has 2 aromatic carbocycles. The molecule has 0 aliphatic heterocycles. The predicted octanol–water partition coefficient (Wildman–Crippen LogP) is 3.84. The van der Waals surface area contributed by atoms with Gasteiger partial charge in [-0.15, -0.1) is 0 Å². The molecule has 7 nitrogen and oxygen atoms in total. The summed E-state index contributed by atoms with van der Waals surface area (Å²) < 4.78 is 0. The zero-order valence-electron chi connectivity index (χ0n) is 21.1. The van der Waals surface area contributed by atoms with Gasteiger partial charge in [-0.05, 0) is 66.7 Å². The molecule has 0 saturated carbocycles. The third-order valence-corrected chi connectivity index (χ3v) is 5.67. The average molecular weight is 503 g/mol. The van der Waals surface area contributed by atoms with Gasteiger partial charge in [0, 0.05) is 37.6 Å². The number of hydrogen-bond acceptors (Lipinski definition) is 5. The van der Waals surface area contributed by atoms with E-state index in [1.54, 1.807) is 12.1 Å². The van der Waals surface area contributed by atoms with Crippen molar-refractivity contribution in [3.05, 3.63) is 58.6 Å². The van der Waals surface area contributed by atoms with Crippen LogP contribution >= 0.6 is 11.6 Å². The minimum absolute atomic E-state index is 0.0175. The number of nitrogens with one attached hydrogen (secondary N) is 3. The van der Waals surface area contributed by atoms with Crippen LogP contribution in [-0.4, -0.2) is 61.6 Å². The largest absolute Gasteiger partial charge is 0.506 e. The number of amides is 2. The molecular formula is C27H39ClN4O3. The average Bonchev–Trinajstić information content (AvgIpc) is 2.79. The summed E-state index contributed by atoms with van der Waals surface area (Å²) in [6.07, 6.45) is 2.63. The molecule has 192 valence electrons. The van der Waals surface area contributed by atoms with Gasteiger partial charge in [-0.1, -0.05) is 50.6 Å². The van der Waals surface area contributed by atoms with Crippen molar-refractivity contribution in [1.82, 2.24) is 15.5 Å². The van der Waals surface area contributed by atoms with Gasteiger partial charge in [0.15, 0.2) is 0 Å². The molecule has 0 heterocycles. The normalized spacial score (nSPS) is 11.3. The number of phenols is 1. The molecule has 0 radical (unpaired) electrons. The second-order valence-corrected chi connectivity index (χ2v) is 10.3. The Kier molecular flexibility index (Phi) is 12.0. The molecule has 0 atom stereocenters. The number of hydrogen-bond donors (Lipinski definition) is 4. The Bertz CT molecular complexity index is 946. The van der Waals surface area contributed by atoms with Crippen LogP contribution in [-0.2, 0) is 22.4 Å². The number of halogens is 1. The molecule has 8 heteroatoms. The molecule has 0 spiro atoms. The van der Waals surface area contributed by atoms with E-state index in [0.717, 1.165) is 36.5 Å². The van der Waals surface area contributed by atoms with E-state index in [4.69, 9.17) is 11.6 Å². The molecule has 2 rings (SSSR count). The van der Waals surface area contributed by atoms with Gasteiger partial charge in [-0.3, -0.25) is 9.59 Å². The van der Waals surface area contributed by atoms with Crippen molar-refractivity contribution in [1.29, 1.82) is 0 Å². The van der Waals surface area contributed by atoms with Gasteiger partial charge in [0.2, 0.25) is 12.3 Å². The molecule has 0 aliphatic rings. The lowest BCUT2D eigenvalue weighted by Gasteiger charge is -2.30. The smallest absolute Gasteiger partial charge is 0.223 e. The lowest BCUT2D eigenvalue weighted by molar-refractivity contribution is -0.132. The maximum absolute atomic E-state index is 12.9. The number of carbonyl (C=O) groups is 2. The minimum Gasteiger partial charge on any atom is -0.506 e. The number of nitrogens with zero attached hydrogens (tertiary/aromatic N) is 1. The van der Waals surface area contributed by atoms with Crippen LogP contribution in [0.15, 0.2) is 42.5 Å². The number of benzene rings is 2. The third kappa shape index (κ3) is 11.6. The van der Waals surface area contributed by atoms with E-state index in [2.05, 4.69) is 42.8 Å². The lowest BCUT2D eigenvalue weighted by atomic mass is 9.96. The maximum Gasteiger partial charge on any atom is 0.223 e. The Morgan fingerprint density at radius 3 is 2.34 bits per heavy atom. The van der Waals surface area contributed by atoms with E-state index in [0.29, 0.717) is 44.7 Å². The van der Waals surface area contributed by atoms with Crippen LogP contribution in [0.25, 0.3) is 0 Å². The van der Waals surface area contributed by atoms with Crippen LogP contribution in [0.2, 0.25) is 5.02 Å². The fourth-order valence-corrected chi connectivity index (χ4v) is 3.97. The zero-order chi connectivity index (χ0) is 25.7. The SMILES string of the molecule is CC(C)(C)CN(CCNCCc1ccc(O)c(NC=O)c1)C(=O)CCNCCc1cccc(Cl)c1. The van der Waals surface area contributed by atoms with Crippen LogP contribution in [0.5, 0.6) is 5.75 Å². The summed E-state index contributed by atoms with van der Waals surface area (Å²) >= 11 is 6.03. The first-order valence-corrected chi connectivity index (χ1v) is 12.5. The number of phenolic OH excluding ortho intramolecular Hbond substituents is 1. The summed E-state index contributed by atoms with van der Waals surface area (Å²) in [6, 6.07) is 13.0. The topological polar surface area (TPSA) is 93.7 Å². The molecule has 0 fully saturated rings. The Morgan fingerprint density at radius 2 is 1.69 bits per heavy atom. The molecule has 2 amide bonds. The molecule has 0 saturated heterocycles. The van der Waals surface area contributed by atoms with Crippen LogP contribution < -0.4 is 16.0 Å². The van der Waals surface area contributed by atoms with Gasteiger partial charge in [-0.2, -0.15) is 0 Å². The van der Waals surface area contributed by atoms with E-state index in [1.165, 1.54) is 5.56 Å². The second-order valence-electron chi connectivity index (χ2n) is 9.87. The molecule has 0 bridgehead atoms. The van der Waals surface area contributed by atoms with E-state index in [9.17, 15) is 14.7 Å². The first-order valence-electron chi connectivity index (χ1n) is 12.1. The number of carbonyl (C=O) groups excluding carboxylic acids is 2. The fourth-order valence-electron chi connectivity index (χ4n) is 3.76. The summed E-state index contributed by atoms with van der Waals surface area (Å²) in [6.45, 7) is 10.6. The summed E-state index contributed by atoms with van der Waals surface area (Å²) in [7, 11) is 0. The van der Waals surface area contributed by atoms with Gasteiger partial charge < -0.3 is 26.0 Å². The fraction of sp³-hybridized carbons (Fsp3) is 0.481. The molecule has 0 unspecified atom stereocenters. The van der Waals surface area contributed by atoms with Crippen molar-refractivity contribution < 1.29 is 14.7 Å². The number of aromatic hydroxyl groups is 1.